The van der Waals surface area contributed by atoms with Crippen molar-refractivity contribution in [3.8, 4) is 11.8 Å². The van der Waals surface area contributed by atoms with Crippen LogP contribution in [0.5, 0.6) is 0 Å². The molecule has 2 rings (SSSR count). The fourth-order valence-corrected chi connectivity index (χ4v) is 2.53. The lowest BCUT2D eigenvalue weighted by Crippen LogP contribution is -2.38. The first kappa shape index (κ1) is 14.6. The van der Waals surface area contributed by atoms with E-state index < -0.39 is 0 Å². The highest BCUT2D eigenvalue weighted by Crippen LogP contribution is 2.19. The second-order valence-electron chi connectivity index (χ2n) is 5.07. The van der Waals surface area contributed by atoms with E-state index in [1.807, 2.05) is 18.2 Å². The number of nitrogens with two attached hydrogens (primary N) is 1. The van der Waals surface area contributed by atoms with Gasteiger partial charge in [-0.2, -0.15) is 0 Å². The molecule has 1 aliphatic heterocycles. The van der Waals surface area contributed by atoms with E-state index in [-0.39, 0.29) is 18.4 Å². The van der Waals surface area contributed by atoms with Gasteiger partial charge in [-0.25, -0.2) is 0 Å². The molecule has 1 aliphatic rings. The van der Waals surface area contributed by atoms with Crippen molar-refractivity contribution in [1.82, 2.24) is 4.90 Å². The van der Waals surface area contributed by atoms with Crippen molar-refractivity contribution in [2.45, 2.75) is 19.4 Å². The fraction of sp³-hybridized carbons (Fsp3) is 0.438. The Balaban J connectivity index is 1.99. The minimum absolute atomic E-state index is 0.0238. The molecule has 0 spiro atoms. The van der Waals surface area contributed by atoms with E-state index in [0.717, 1.165) is 43.6 Å². The number of rotatable bonds is 3. The highest BCUT2D eigenvalue weighted by Gasteiger charge is 2.23. The van der Waals surface area contributed by atoms with Crippen LogP contribution in [0.2, 0.25) is 0 Å². The third kappa shape index (κ3) is 3.83. The standard InChI is InChI=1S/C16H20N2O2/c17-16(20)14-7-9-18(10-8-14)12-15-5-2-1-4-13(15)6-3-11-19/h1-2,4-5,14,19H,7-12H2,(H2,17,20). The Hall–Kier alpha value is -1.83. The summed E-state index contributed by atoms with van der Waals surface area (Å²) in [6, 6.07) is 7.97. The molecule has 0 unspecified atom stereocenters. The fourth-order valence-electron chi connectivity index (χ4n) is 2.53. The van der Waals surface area contributed by atoms with Gasteiger partial charge in [0.05, 0.1) is 0 Å². The first-order chi connectivity index (χ1) is 9.70. The third-order valence-electron chi connectivity index (χ3n) is 3.70. The topological polar surface area (TPSA) is 66.6 Å². The van der Waals surface area contributed by atoms with E-state index in [1.165, 1.54) is 0 Å². The van der Waals surface area contributed by atoms with Crippen LogP contribution in [-0.4, -0.2) is 35.6 Å². The lowest BCUT2D eigenvalue weighted by Gasteiger charge is -2.30. The molecule has 0 bridgehead atoms. The first-order valence-corrected chi connectivity index (χ1v) is 6.90. The molecule has 1 aromatic rings. The highest BCUT2D eigenvalue weighted by molar-refractivity contribution is 5.76. The highest BCUT2D eigenvalue weighted by atomic mass is 16.2. The van der Waals surface area contributed by atoms with Crippen LogP contribution in [0.15, 0.2) is 24.3 Å². The number of aliphatic hydroxyl groups is 1. The molecule has 4 heteroatoms. The van der Waals surface area contributed by atoms with Gasteiger partial charge in [-0.15, -0.1) is 0 Å². The summed E-state index contributed by atoms with van der Waals surface area (Å²) >= 11 is 0. The molecule has 0 radical (unpaired) electrons. The summed E-state index contributed by atoms with van der Waals surface area (Å²) in [5, 5.41) is 8.79. The quantitative estimate of drug-likeness (QED) is 0.797. The molecule has 1 aromatic carbocycles. The molecule has 1 fully saturated rings. The zero-order valence-electron chi connectivity index (χ0n) is 11.5. The molecule has 106 valence electrons. The lowest BCUT2D eigenvalue weighted by atomic mass is 9.95. The van der Waals surface area contributed by atoms with Crippen LogP contribution in [0.3, 0.4) is 0 Å². The van der Waals surface area contributed by atoms with Gasteiger partial charge in [0.1, 0.15) is 6.61 Å². The molecule has 0 saturated carbocycles. The van der Waals surface area contributed by atoms with Gasteiger partial charge >= 0.3 is 0 Å². The summed E-state index contributed by atoms with van der Waals surface area (Å²) in [5.74, 6) is 5.51. The Morgan fingerprint density at radius 2 is 2.05 bits per heavy atom. The van der Waals surface area contributed by atoms with Crippen molar-refractivity contribution in [2.75, 3.05) is 19.7 Å². The van der Waals surface area contributed by atoms with Crippen molar-refractivity contribution < 1.29 is 9.90 Å². The monoisotopic (exact) mass is 272 g/mol. The number of benzene rings is 1. The summed E-state index contributed by atoms with van der Waals surface area (Å²) in [5.41, 5.74) is 7.46. The molecule has 0 atom stereocenters. The SMILES string of the molecule is NC(=O)C1CCN(Cc2ccccc2C#CCO)CC1. The normalized spacial score (nSPS) is 16.4. The number of carbonyl (C=O) groups excluding carboxylic acids is 1. The summed E-state index contributed by atoms with van der Waals surface area (Å²) in [6.07, 6.45) is 1.67. The molecule has 1 amide bonds. The van der Waals surface area contributed by atoms with Crippen LogP contribution in [0.1, 0.15) is 24.0 Å². The Morgan fingerprint density at radius 1 is 1.35 bits per heavy atom. The molecule has 0 aromatic heterocycles. The van der Waals surface area contributed by atoms with Crippen LogP contribution in [0.25, 0.3) is 0 Å². The number of hydrogen-bond acceptors (Lipinski definition) is 3. The van der Waals surface area contributed by atoms with Gasteiger partial charge in [-0.1, -0.05) is 30.0 Å². The van der Waals surface area contributed by atoms with Gasteiger partial charge in [-0.3, -0.25) is 9.69 Å². The zero-order valence-corrected chi connectivity index (χ0v) is 11.5. The number of nitrogens with zero attached hydrogens (tertiary/aromatic N) is 1. The molecule has 4 nitrogen and oxygen atoms in total. The number of likely N-dealkylation sites (tertiary alicyclic amines) is 1. The molecular weight excluding hydrogens is 252 g/mol. The van der Waals surface area contributed by atoms with Gasteiger partial charge < -0.3 is 10.8 Å². The minimum Gasteiger partial charge on any atom is -0.384 e. The third-order valence-corrected chi connectivity index (χ3v) is 3.70. The molecule has 20 heavy (non-hydrogen) atoms. The Bertz CT molecular complexity index is 523. The molecule has 1 saturated heterocycles. The number of hydrogen-bond donors (Lipinski definition) is 2. The van der Waals surface area contributed by atoms with Crippen LogP contribution in [-0.2, 0) is 11.3 Å². The van der Waals surface area contributed by atoms with Crippen molar-refractivity contribution in [2.24, 2.45) is 11.7 Å². The van der Waals surface area contributed by atoms with Crippen molar-refractivity contribution in [3.63, 3.8) is 0 Å². The zero-order chi connectivity index (χ0) is 14.4. The van der Waals surface area contributed by atoms with Crippen LogP contribution in [0.4, 0.5) is 0 Å². The van der Waals surface area contributed by atoms with E-state index in [2.05, 4.69) is 22.8 Å². The summed E-state index contributed by atoms with van der Waals surface area (Å²) in [6.45, 7) is 2.46. The number of aliphatic hydroxyl groups excluding tert-OH is 1. The molecule has 1 heterocycles. The lowest BCUT2D eigenvalue weighted by molar-refractivity contribution is -0.123. The summed E-state index contributed by atoms with van der Waals surface area (Å²) in [7, 11) is 0. The van der Waals surface area contributed by atoms with Crippen molar-refractivity contribution >= 4 is 5.91 Å². The number of carbonyl (C=O) groups is 1. The summed E-state index contributed by atoms with van der Waals surface area (Å²) in [4.78, 5) is 13.5. The molecule has 0 aliphatic carbocycles. The molecular formula is C16H20N2O2. The Kier molecular flexibility index (Phi) is 5.16. The van der Waals surface area contributed by atoms with E-state index in [9.17, 15) is 4.79 Å². The van der Waals surface area contributed by atoms with E-state index >= 15 is 0 Å². The maximum atomic E-state index is 11.2. The average molecular weight is 272 g/mol. The van der Waals surface area contributed by atoms with Crippen LogP contribution < -0.4 is 5.73 Å². The first-order valence-electron chi connectivity index (χ1n) is 6.90. The number of amides is 1. The smallest absolute Gasteiger partial charge is 0.220 e. The van der Waals surface area contributed by atoms with Crippen LogP contribution in [0, 0.1) is 17.8 Å². The van der Waals surface area contributed by atoms with Gasteiger partial charge in [0.2, 0.25) is 5.91 Å². The predicted octanol–water partition coefficient (Wildman–Crippen LogP) is 0.728. The second kappa shape index (κ2) is 7.09. The number of primary amides is 1. The van der Waals surface area contributed by atoms with Gasteiger partial charge in [0.15, 0.2) is 0 Å². The minimum atomic E-state index is -0.182. The Morgan fingerprint density at radius 3 is 2.70 bits per heavy atom. The van der Waals surface area contributed by atoms with E-state index in [1.54, 1.807) is 0 Å². The largest absolute Gasteiger partial charge is 0.384 e. The second-order valence-corrected chi connectivity index (χ2v) is 5.07. The molecule has 3 N–H and O–H groups in total. The van der Waals surface area contributed by atoms with Gasteiger partial charge in [-0.05, 0) is 37.6 Å². The van der Waals surface area contributed by atoms with Gasteiger partial charge in [0.25, 0.3) is 0 Å². The summed E-state index contributed by atoms with van der Waals surface area (Å²) < 4.78 is 0. The van der Waals surface area contributed by atoms with Crippen molar-refractivity contribution in [1.29, 1.82) is 0 Å². The maximum Gasteiger partial charge on any atom is 0.220 e. The predicted molar refractivity (Wildman–Crippen MR) is 77.6 cm³/mol. The van der Waals surface area contributed by atoms with E-state index in [0.29, 0.717) is 0 Å². The maximum absolute atomic E-state index is 11.2. The van der Waals surface area contributed by atoms with Crippen LogP contribution >= 0.6 is 0 Å². The van der Waals surface area contributed by atoms with Gasteiger partial charge in [0, 0.05) is 18.0 Å². The number of piperidine rings is 1. The Labute approximate surface area is 119 Å². The van der Waals surface area contributed by atoms with E-state index in [4.69, 9.17) is 10.8 Å². The average Bonchev–Trinajstić information content (AvgIpc) is 2.47. The van der Waals surface area contributed by atoms with Crippen molar-refractivity contribution in [3.05, 3.63) is 35.4 Å².